The van der Waals surface area contributed by atoms with E-state index in [1.54, 1.807) is 46.9 Å². The SMILES string of the molecule is N#Cc1ccc(C(=O)Nc2sc3c(c2-c2nc4ccccc4s2)CCN(Cc2ccccc2)C3)cc1. The van der Waals surface area contributed by atoms with Gasteiger partial charge in [0.05, 0.1) is 21.8 Å². The summed E-state index contributed by atoms with van der Waals surface area (Å²) in [5.74, 6) is -0.179. The number of amides is 1. The largest absolute Gasteiger partial charge is 0.313 e. The lowest BCUT2D eigenvalue weighted by molar-refractivity contribution is 0.102. The van der Waals surface area contributed by atoms with Gasteiger partial charge in [-0.1, -0.05) is 42.5 Å². The highest BCUT2D eigenvalue weighted by atomic mass is 32.1. The Hall–Kier alpha value is -3.83. The van der Waals surface area contributed by atoms with Crippen molar-refractivity contribution in [1.29, 1.82) is 5.26 Å². The summed E-state index contributed by atoms with van der Waals surface area (Å²) in [5, 5.41) is 14.0. The third-order valence-corrected chi connectivity index (χ3v) is 8.58. The molecular weight excluding hydrogens is 484 g/mol. The van der Waals surface area contributed by atoms with E-state index in [0.29, 0.717) is 11.1 Å². The molecule has 1 amide bonds. The highest BCUT2D eigenvalue weighted by Gasteiger charge is 2.28. The van der Waals surface area contributed by atoms with Crippen molar-refractivity contribution in [2.45, 2.75) is 19.5 Å². The van der Waals surface area contributed by atoms with Crippen LogP contribution in [0.4, 0.5) is 5.00 Å². The van der Waals surface area contributed by atoms with E-state index in [1.807, 2.05) is 24.3 Å². The molecule has 0 bridgehead atoms. The summed E-state index contributed by atoms with van der Waals surface area (Å²) in [6.07, 6.45) is 0.913. The Bertz CT molecular complexity index is 1560. The van der Waals surface area contributed by atoms with Gasteiger partial charge in [-0.15, -0.1) is 22.7 Å². The number of nitriles is 1. The van der Waals surface area contributed by atoms with Crippen LogP contribution in [0.2, 0.25) is 0 Å². The second-order valence-electron chi connectivity index (χ2n) is 8.78. The number of thiophene rings is 1. The van der Waals surface area contributed by atoms with E-state index in [9.17, 15) is 4.79 Å². The van der Waals surface area contributed by atoms with Crippen LogP contribution in [0.15, 0.2) is 78.9 Å². The van der Waals surface area contributed by atoms with Gasteiger partial charge in [0, 0.05) is 35.6 Å². The zero-order valence-electron chi connectivity index (χ0n) is 19.4. The van der Waals surface area contributed by atoms with Gasteiger partial charge in [-0.2, -0.15) is 5.26 Å². The van der Waals surface area contributed by atoms with Crippen molar-refractivity contribution in [3.63, 3.8) is 0 Å². The minimum atomic E-state index is -0.179. The molecule has 1 aliphatic heterocycles. The molecule has 0 aliphatic carbocycles. The smallest absolute Gasteiger partial charge is 0.256 e. The Labute approximate surface area is 217 Å². The molecule has 5 aromatic rings. The number of benzene rings is 3. The van der Waals surface area contributed by atoms with Gasteiger partial charge in [-0.3, -0.25) is 9.69 Å². The molecule has 0 fully saturated rings. The number of para-hydroxylation sites is 1. The number of fused-ring (bicyclic) bond motifs is 2. The summed E-state index contributed by atoms with van der Waals surface area (Å²) in [5.41, 5.74) is 5.69. The Balaban J connectivity index is 1.36. The number of carbonyl (C=O) groups is 1. The highest BCUT2D eigenvalue weighted by Crippen LogP contribution is 2.46. The maximum Gasteiger partial charge on any atom is 0.256 e. The van der Waals surface area contributed by atoms with Crippen LogP contribution in [0.3, 0.4) is 0 Å². The zero-order chi connectivity index (χ0) is 24.5. The van der Waals surface area contributed by atoms with Gasteiger partial charge in [0.25, 0.3) is 5.91 Å². The van der Waals surface area contributed by atoms with Gasteiger partial charge < -0.3 is 5.32 Å². The molecule has 0 saturated carbocycles. The number of thiazole rings is 1. The molecule has 0 spiro atoms. The lowest BCUT2D eigenvalue weighted by atomic mass is 10.0. The second-order valence-corrected chi connectivity index (χ2v) is 10.9. The minimum Gasteiger partial charge on any atom is -0.313 e. The molecule has 0 radical (unpaired) electrons. The number of hydrogen-bond acceptors (Lipinski definition) is 6. The lowest BCUT2D eigenvalue weighted by Crippen LogP contribution is -2.29. The van der Waals surface area contributed by atoms with Crippen LogP contribution in [-0.2, 0) is 19.5 Å². The van der Waals surface area contributed by atoms with E-state index in [-0.39, 0.29) is 5.91 Å². The first-order chi connectivity index (χ1) is 17.7. The molecule has 5 nitrogen and oxygen atoms in total. The Morgan fingerprint density at radius 1 is 1.00 bits per heavy atom. The van der Waals surface area contributed by atoms with Crippen LogP contribution in [-0.4, -0.2) is 22.3 Å². The fourth-order valence-electron chi connectivity index (χ4n) is 4.60. The number of nitrogens with zero attached hydrogens (tertiary/aromatic N) is 3. The van der Waals surface area contributed by atoms with E-state index < -0.39 is 0 Å². The maximum absolute atomic E-state index is 13.2. The molecule has 7 heteroatoms. The number of hydrogen-bond donors (Lipinski definition) is 1. The van der Waals surface area contributed by atoms with Crippen molar-refractivity contribution in [3.8, 4) is 16.6 Å². The maximum atomic E-state index is 13.2. The zero-order valence-corrected chi connectivity index (χ0v) is 21.0. The van der Waals surface area contributed by atoms with E-state index in [0.717, 1.165) is 51.8 Å². The van der Waals surface area contributed by atoms with Crippen LogP contribution in [0, 0.1) is 11.3 Å². The van der Waals surface area contributed by atoms with Crippen LogP contribution in [0.25, 0.3) is 20.8 Å². The molecule has 1 N–H and O–H groups in total. The van der Waals surface area contributed by atoms with Gasteiger partial charge in [0.2, 0.25) is 0 Å². The standard InChI is InChI=1S/C29H22N4OS2/c30-16-19-10-12-21(13-11-19)27(34)32-29-26(28-31-23-8-4-5-9-24(23)35-28)22-14-15-33(18-25(22)36-29)17-20-6-2-1-3-7-20/h1-13H,14-15,17-18H2,(H,32,34). The highest BCUT2D eigenvalue weighted by molar-refractivity contribution is 7.23. The molecule has 1 aliphatic rings. The normalized spacial score (nSPS) is 13.3. The summed E-state index contributed by atoms with van der Waals surface area (Å²) in [6.45, 7) is 2.71. The van der Waals surface area contributed by atoms with Crippen LogP contribution >= 0.6 is 22.7 Å². The number of anilines is 1. The number of nitrogens with one attached hydrogen (secondary N) is 1. The quantitative estimate of drug-likeness (QED) is 0.288. The van der Waals surface area contributed by atoms with Crippen molar-refractivity contribution in [1.82, 2.24) is 9.88 Å². The average molecular weight is 507 g/mol. The van der Waals surface area contributed by atoms with Gasteiger partial charge in [-0.05, 0) is 53.9 Å². The van der Waals surface area contributed by atoms with E-state index in [4.69, 9.17) is 10.2 Å². The molecule has 176 valence electrons. The second kappa shape index (κ2) is 9.67. The van der Waals surface area contributed by atoms with Crippen molar-refractivity contribution >= 4 is 43.8 Å². The van der Waals surface area contributed by atoms with Crippen LogP contribution < -0.4 is 5.32 Å². The van der Waals surface area contributed by atoms with Crippen molar-refractivity contribution in [2.75, 3.05) is 11.9 Å². The Kier molecular flexibility index (Phi) is 6.08. The molecule has 36 heavy (non-hydrogen) atoms. The Morgan fingerprint density at radius 3 is 2.56 bits per heavy atom. The monoisotopic (exact) mass is 506 g/mol. The first kappa shape index (κ1) is 22.6. The molecular formula is C29H22N4OS2. The van der Waals surface area contributed by atoms with E-state index in [1.165, 1.54) is 16.0 Å². The topological polar surface area (TPSA) is 69.0 Å². The summed E-state index contributed by atoms with van der Waals surface area (Å²) in [7, 11) is 0. The van der Waals surface area contributed by atoms with Gasteiger partial charge >= 0.3 is 0 Å². The van der Waals surface area contributed by atoms with E-state index >= 15 is 0 Å². The summed E-state index contributed by atoms with van der Waals surface area (Å²) >= 11 is 3.32. The minimum absolute atomic E-state index is 0.179. The van der Waals surface area contributed by atoms with E-state index in [2.05, 4.69) is 46.6 Å². The lowest BCUT2D eigenvalue weighted by Gasteiger charge is -2.27. The van der Waals surface area contributed by atoms with Gasteiger partial charge in [0.15, 0.2) is 0 Å². The fourth-order valence-corrected chi connectivity index (χ4v) is 6.99. The third-order valence-electron chi connectivity index (χ3n) is 6.40. The number of aromatic nitrogens is 1. The fraction of sp³-hybridized carbons (Fsp3) is 0.138. The van der Waals surface area contributed by atoms with Gasteiger partial charge in [-0.25, -0.2) is 4.98 Å². The van der Waals surface area contributed by atoms with Crippen LogP contribution in [0.1, 0.15) is 31.9 Å². The van der Waals surface area contributed by atoms with Crippen molar-refractivity contribution in [3.05, 3.63) is 106 Å². The molecule has 2 aromatic heterocycles. The predicted molar refractivity (Wildman–Crippen MR) is 146 cm³/mol. The van der Waals surface area contributed by atoms with Crippen LogP contribution in [0.5, 0.6) is 0 Å². The molecule has 0 atom stereocenters. The number of rotatable bonds is 5. The Morgan fingerprint density at radius 2 is 1.78 bits per heavy atom. The first-order valence-electron chi connectivity index (χ1n) is 11.8. The molecule has 3 heterocycles. The summed E-state index contributed by atoms with van der Waals surface area (Å²) in [4.78, 5) is 21.9. The molecule has 3 aromatic carbocycles. The average Bonchev–Trinajstić information content (AvgIpc) is 3.49. The first-order valence-corrected chi connectivity index (χ1v) is 13.4. The summed E-state index contributed by atoms with van der Waals surface area (Å²) in [6, 6.07) is 27.5. The van der Waals surface area contributed by atoms with Gasteiger partial charge in [0.1, 0.15) is 10.0 Å². The summed E-state index contributed by atoms with van der Waals surface area (Å²) < 4.78 is 1.14. The molecule has 0 saturated heterocycles. The van der Waals surface area contributed by atoms with Crippen molar-refractivity contribution < 1.29 is 4.79 Å². The van der Waals surface area contributed by atoms with Crippen molar-refractivity contribution in [2.24, 2.45) is 0 Å². The third kappa shape index (κ3) is 4.42. The molecule has 6 rings (SSSR count). The predicted octanol–water partition coefficient (Wildman–Crippen LogP) is 6.71. The number of carbonyl (C=O) groups excluding carboxylic acids is 1. The molecule has 0 unspecified atom stereocenters.